The molecule has 0 radical (unpaired) electrons. The van der Waals surface area contributed by atoms with Gasteiger partial charge in [-0.15, -0.1) is 0 Å². The number of primary amides is 1. The number of benzene rings is 1. The molecule has 0 heterocycles. The van der Waals surface area contributed by atoms with Crippen molar-refractivity contribution in [3.8, 4) is 0 Å². The molecule has 0 bridgehead atoms. The number of urea groups is 1. The zero-order valence-electron chi connectivity index (χ0n) is 9.27. The van der Waals surface area contributed by atoms with E-state index in [1.54, 1.807) is 26.0 Å². The number of carbonyl (C=O) groups excluding carboxylic acids is 1. The van der Waals surface area contributed by atoms with Crippen molar-refractivity contribution >= 4 is 11.7 Å². The lowest BCUT2D eigenvalue weighted by molar-refractivity contribution is 0.154. The van der Waals surface area contributed by atoms with Gasteiger partial charge in [-0.25, -0.2) is 10.2 Å². The van der Waals surface area contributed by atoms with Gasteiger partial charge in [0.25, 0.3) is 0 Å². The number of hydrazone groups is 1. The van der Waals surface area contributed by atoms with Gasteiger partial charge in [0.2, 0.25) is 0 Å². The topological polar surface area (TPSA) is 87.7 Å². The highest BCUT2D eigenvalue weighted by Gasteiger charge is 2.23. The zero-order chi connectivity index (χ0) is 12.2. The second kappa shape index (κ2) is 4.76. The lowest BCUT2D eigenvalue weighted by Crippen LogP contribution is -2.36. The van der Waals surface area contributed by atoms with Crippen LogP contribution in [0.3, 0.4) is 0 Å². The fraction of sp³-hybridized carbons (Fsp3) is 0.273. The largest absolute Gasteiger partial charge is 0.384 e. The fourth-order valence-corrected chi connectivity index (χ4v) is 1.26. The van der Waals surface area contributed by atoms with Crippen molar-refractivity contribution in [1.82, 2.24) is 5.43 Å². The molecule has 0 aliphatic rings. The van der Waals surface area contributed by atoms with Crippen molar-refractivity contribution in [2.75, 3.05) is 0 Å². The Bertz CT molecular complexity index is 393. The SMILES string of the molecule is CC(C)(O)/C(=N/NC(N)=O)c1ccccc1. The standard InChI is InChI=1S/C11H15N3O2/c1-11(2,16)9(13-14-10(12)15)8-6-4-3-5-7-8/h3-7,16H,1-2H3,(H3,12,14,15)/b13-9+. The molecule has 4 N–H and O–H groups in total. The highest BCUT2D eigenvalue weighted by molar-refractivity contribution is 6.06. The maximum atomic E-state index is 10.6. The van der Waals surface area contributed by atoms with Crippen molar-refractivity contribution in [3.63, 3.8) is 0 Å². The van der Waals surface area contributed by atoms with Crippen LogP contribution in [0.4, 0.5) is 4.79 Å². The summed E-state index contributed by atoms with van der Waals surface area (Å²) in [7, 11) is 0. The van der Waals surface area contributed by atoms with Crippen molar-refractivity contribution in [2.24, 2.45) is 10.8 Å². The molecule has 0 fully saturated rings. The van der Waals surface area contributed by atoms with Gasteiger partial charge in [-0.3, -0.25) is 0 Å². The van der Waals surface area contributed by atoms with Crippen molar-refractivity contribution in [3.05, 3.63) is 35.9 Å². The number of nitrogens with zero attached hydrogens (tertiary/aromatic N) is 1. The van der Waals surface area contributed by atoms with Crippen LogP contribution in [0.25, 0.3) is 0 Å². The summed E-state index contributed by atoms with van der Waals surface area (Å²) in [5.74, 6) is 0. The van der Waals surface area contributed by atoms with E-state index in [1.165, 1.54) is 0 Å². The molecule has 0 spiro atoms. The molecule has 5 nitrogen and oxygen atoms in total. The Labute approximate surface area is 94.0 Å². The van der Waals surface area contributed by atoms with Crippen LogP contribution in [0.1, 0.15) is 19.4 Å². The Morgan fingerprint density at radius 3 is 2.38 bits per heavy atom. The summed E-state index contributed by atoms with van der Waals surface area (Å²) < 4.78 is 0. The summed E-state index contributed by atoms with van der Waals surface area (Å²) in [6.45, 7) is 3.17. The second-order valence-corrected chi connectivity index (χ2v) is 3.86. The zero-order valence-corrected chi connectivity index (χ0v) is 9.27. The van der Waals surface area contributed by atoms with Crippen LogP contribution in [-0.2, 0) is 0 Å². The molecular weight excluding hydrogens is 206 g/mol. The lowest BCUT2D eigenvalue weighted by atomic mass is 9.96. The average Bonchev–Trinajstić information content (AvgIpc) is 2.17. The first-order valence-electron chi connectivity index (χ1n) is 4.82. The van der Waals surface area contributed by atoms with Gasteiger partial charge in [0, 0.05) is 5.56 Å². The van der Waals surface area contributed by atoms with E-state index in [-0.39, 0.29) is 0 Å². The van der Waals surface area contributed by atoms with Crippen LogP contribution < -0.4 is 11.2 Å². The summed E-state index contributed by atoms with van der Waals surface area (Å²) in [6, 6.07) is 8.31. The van der Waals surface area contributed by atoms with Gasteiger partial charge < -0.3 is 10.8 Å². The number of amides is 2. The van der Waals surface area contributed by atoms with E-state index in [9.17, 15) is 9.90 Å². The molecule has 0 saturated heterocycles. The van der Waals surface area contributed by atoms with E-state index in [0.717, 1.165) is 5.56 Å². The molecule has 0 saturated carbocycles. The van der Waals surface area contributed by atoms with Gasteiger partial charge in [0.1, 0.15) is 5.60 Å². The Morgan fingerprint density at radius 2 is 1.94 bits per heavy atom. The number of nitrogens with one attached hydrogen (secondary N) is 1. The van der Waals surface area contributed by atoms with Crippen LogP contribution in [-0.4, -0.2) is 22.5 Å². The number of hydrogen-bond acceptors (Lipinski definition) is 3. The molecule has 1 aromatic rings. The average molecular weight is 221 g/mol. The second-order valence-electron chi connectivity index (χ2n) is 3.86. The van der Waals surface area contributed by atoms with E-state index >= 15 is 0 Å². The molecule has 16 heavy (non-hydrogen) atoms. The molecule has 5 heteroatoms. The minimum Gasteiger partial charge on any atom is -0.384 e. The summed E-state index contributed by atoms with van der Waals surface area (Å²) in [4.78, 5) is 10.6. The minimum atomic E-state index is -1.16. The molecular formula is C11H15N3O2. The molecule has 1 aromatic carbocycles. The first-order valence-corrected chi connectivity index (χ1v) is 4.82. The van der Waals surface area contributed by atoms with Crippen LogP contribution >= 0.6 is 0 Å². The summed E-state index contributed by atoms with van der Waals surface area (Å²) in [5, 5.41) is 13.7. The van der Waals surface area contributed by atoms with Gasteiger partial charge >= 0.3 is 6.03 Å². The summed E-state index contributed by atoms with van der Waals surface area (Å²) in [5.41, 5.74) is 6.96. The fourth-order valence-electron chi connectivity index (χ4n) is 1.26. The third-order valence-electron chi connectivity index (χ3n) is 1.90. The molecule has 0 aromatic heterocycles. The Kier molecular flexibility index (Phi) is 3.63. The molecule has 0 unspecified atom stereocenters. The van der Waals surface area contributed by atoms with Crippen molar-refractivity contribution in [2.45, 2.75) is 19.4 Å². The predicted octanol–water partition coefficient (Wildman–Crippen LogP) is 0.830. The number of hydrogen-bond donors (Lipinski definition) is 3. The monoisotopic (exact) mass is 221 g/mol. The normalized spacial score (nSPS) is 12.3. The van der Waals surface area contributed by atoms with Gasteiger partial charge in [0.15, 0.2) is 0 Å². The van der Waals surface area contributed by atoms with Crippen LogP contribution in [0.2, 0.25) is 0 Å². The highest BCUT2D eigenvalue weighted by Crippen LogP contribution is 2.13. The lowest BCUT2D eigenvalue weighted by Gasteiger charge is -2.20. The van der Waals surface area contributed by atoms with Gasteiger partial charge in [-0.2, -0.15) is 5.10 Å². The third kappa shape index (κ3) is 3.36. The maximum absolute atomic E-state index is 10.6. The molecule has 86 valence electrons. The number of aliphatic hydroxyl groups is 1. The van der Waals surface area contributed by atoms with E-state index in [1.807, 2.05) is 18.2 Å². The third-order valence-corrected chi connectivity index (χ3v) is 1.90. The van der Waals surface area contributed by atoms with Gasteiger partial charge in [-0.1, -0.05) is 30.3 Å². The van der Waals surface area contributed by atoms with Gasteiger partial charge in [0.05, 0.1) is 5.71 Å². The van der Waals surface area contributed by atoms with E-state index in [2.05, 4.69) is 10.5 Å². The number of nitrogens with two attached hydrogens (primary N) is 1. The van der Waals surface area contributed by atoms with E-state index in [0.29, 0.717) is 5.71 Å². The molecule has 0 atom stereocenters. The smallest absolute Gasteiger partial charge is 0.332 e. The van der Waals surface area contributed by atoms with E-state index < -0.39 is 11.6 Å². The first kappa shape index (κ1) is 12.2. The quantitative estimate of drug-likeness (QED) is 0.521. The first-order chi connectivity index (χ1) is 7.41. The molecule has 2 amide bonds. The van der Waals surface area contributed by atoms with Crippen LogP contribution in [0.15, 0.2) is 35.4 Å². The summed E-state index contributed by atoms with van der Waals surface area (Å²) in [6.07, 6.45) is 0. The number of rotatable bonds is 3. The van der Waals surface area contributed by atoms with E-state index in [4.69, 9.17) is 5.73 Å². The van der Waals surface area contributed by atoms with Crippen molar-refractivity contribution < 1.29 is 9.90 Å². The molecule has 1 rings (SSSR count). The Morgan fingerprint density at radius 1 is 1.38 bits per heavy atom. The maximum Gasteiger partial charge on any atom is 0.332 e. The van der Waals surface area contributed by atoms with Crippen LogP contribution in [0.5, 0.6) is 0 Å². The number of carbonyl (C=O) groups is 1. The highest BCUT2D eigenvalue weighted by atomic mass is 16.3. The molecule has 0 aliphatic carbocycles. The summed E-state index contributed by atoms with van der Waals surface area (Å²) >= 11 is 0. The Balaban J connectivity index is 3.07. The molecule has 0 aliphatic heterocycles. The minimum absolute atomic E-state index is 0.354. The van der Waals surface area contributed by atoms with Crippen LogP contribution in [0, 0.1) is 0 Å². The Hall–Kier alpha value is -1.88. The van der Waals surface area contributed by atoms with Gasteiger partial charge in [-0.05, 0) is 13.8 Å². The van der Waals surface area contributed by atoms with Crippen molar-refractivity contribution in [1.29, 1.82) is 0 Å². The predicted molar refractivity (Wildman–Crippen MR) is 62.0 cm³/mol.